The molecule has 3 N–H and O–H groups in total. The Kier molecular flexibility index (Phi) is 5.25. The standard InChI is InChI=1S/C18H18F5N7O/c1-17(31,18(21,22)23)13-8-30-12(6-26-14(30)7-25-13)15-10(20)4-27-16(29-15)28-11-5-24-3-2-9(11)19/h4,6-9,11,24,31H,2-3,5H2,1H3,(H,27,28,29)/t9-,11-,17+/m0/s1. The van der Waals surface area contributed by atoms with E-state index in [0.717, 1.165) is 23.0 Å². The molecule has 3 atom stereocenters. The molecule has 1 fully saturated rings. The minimum Gasteiger partial charge on any atom is -0.375 e. The van der Waals surface area contributed by atoms with E-state index >= 15 is 0 Å². The summed E-state index contributed by atoms with van der Waals surface area (Å²) in [4.78, 5) is 15.5. The zero-order chi connectivity index (χ0) is 22.4. The minimum atomic E-state index is -4.98. The summed E-state index contributed by atoms with van der Waals surface area (Å²) < 4.78 is 69.3. The van der Waals surface area contributed by atoms with E-state index in [1.807, 2.05) is 0 Å². The molecule has 0 saturated carbocycles. The minimum absolute atomic E-state index is 0.0122. The number of halogens is 5. The van der Waals surface area contributed by atoms with E-state index in [1.165, 1.54) is 6.20 Å². The molecule has 1 aliphatic rings. The van der Waals surface area contributed by atoms with Gasteiger partial charge in [0.05, 0.1) is 36.0 Å². The Bertz CT molecular complexity index is 1100. The first-order valence-electron chi connectivity index (χ1n) is 9.35. The van der Waals surface area contributed by atoms with Crippen molar-refractivity contribution in [1.29, 1.82) is 0 Å². The topological polar surface area (TPSA) is 100 Å². The second-order valence-corrected chi connectivity index (χ2v) is 7.36. The van der Waals surface area contributed by atoms with Gasteiger partial charge in [0, 0.05) is 12.7 Å². The van der Waals surface area contributed by atoms with Crippen molar-refractivity contribution < 1.29 is 27.1 Å². The van der Waals surface area contributed by atoms with Crippen molar-refractivity contribution in [1.82, 2.24) is 29.7 Å². The van der Waals surface area contributed by atoms with E-state index in [4.69, 9.17) is 0 Å². The smallest absolute Gasteiger partial charge is 0.375 e. The van der Waals surface area contributed by atoms with Crippen molar-refractivity contribution >= 4 is 11.6 Å². The number of aromatic nitrogens is 5. The van der Waals surface area contributed by atoms with E-state index in [9.17, 15) is 27.1 Å². The highest BCUT2D eigenvalue weighted by Crippen LogP contribution is 2.37. The third-order valence-electron chi connectivity index (χ3n) is 5.15. The van der Waals surface area contributed by atoms with Gasteiger partial charge in [-0.2, -0.15) is 13.2 Å². The van der Waals surface area contributed by atoms with E-state index in [0.29, 0.717) is 26.4 Å². The second-order valence-electron chi connectivity index (χ2n) is 7.36. The zero-order valence-corrected chi connectivity index (χ0v) is 16.2. The molecule has 3 aromatic rings. The van der Waals surface area contributed by atoms with Gasteiger partial charge in [-0.3, -0.25) is 9.38 Å². The highest BCUT2D eigenvalue weighted by Gasteiger charge is 2.52. The molecule has 8 nitrogen and oxygen atoms in total. The molecule has 13 heteroatoms. The highest BCUT2D eigenvalue weighted by molar-refractivity contribution is 5.61. The Labute approximate surface area is 172 Å². The van der Waals surface area contributed by atoms with Crippen LogP contribution in [-0.2, 0) is 5.60 Å². The van der Waals surface area contributed by atoms with Crippen LogP contribution in [-0.4, -0.2) is 60.9 Å². The van der Waals surface area contributed by atoms with E-state index in [1.54, 1.807) is 0 Å². The van der Waals surface area contributed by atoms with Crippen LogP contribution in [0.5, 0.6) is 0 Å². The van der Waals surface area contributed by atoms with E-state index in [-0.39, 0.29) is 23.0 Å². The lowest BCUT2D eigenvalue weighted by Crippen LogP contribution is -2.46. The number of nitrogens with one attached hydrogen (secondary N) is 2. The lowest BCUT2D eigenvalue weighted by Gasteiger charge is -2.27. The maximum atomic E-state index is 14.5. The van der Waals surface area contributed by atoms with Gasteiger partial charge in [-0.05, 0) is 19.9 Å². The molecular weight excluding hydrogens is 425 g/mol. The summed E-state index contributed by atoms with van der Waals surface area (Å²) in [5.41, 5.74) is -4.06. The SMILES string of the molecule is C[C@@](O)(c1cn2c(-c3nc(N[C@H]4CNCC[C@@H]4F)ncc3F)cnc2cn1)C(F)(F)F. The Balaban J connectivity index is 1.74. The third kappa shape index (κ3) is 3.90. The molecule has 0 amide bonds. The van der Waals surface area contributed by atoms with Crippen molar-refractivity contribution in [2.45, 2.75) is 37.3 Å². The number of hydrogen-bond acceptors (Lipinski definition) is 7. The number of anilines is 1. The number of imidazole rings is 1. The molecule has 4 rings (SSSR count). The lowest BCUT2D eigenvalue weighted by molar-refractivity contribution is -0.260. The van der Waals surface area contributed by atoms with Gasteiger partial charge < -0.3 is 15.7 Å². The predicted octanol–water partition coefficient (Wildman–Crippen LogP) is 2.21. The molecule has 1 saturated heterocycles. The molecule has 0 bridgehead atoms. The summed E-state index contributed by atoms with van der Waals surface area (Å²) in [7, 11) is 0. The van der Waals surface area contributed by atoms with Crippen LogP contribution in [0.1, 0.15) is 19.0 Å². The number of fused-ring (bicyclic) bond motifs is 1. The summed E-state index contributed by atoms with van der Waals surface area (Å²) in [5, 5.41) is 15.7. The molecule has 0 radical (unpaired) electrons. The maximum absolute atomic E-state index is 14.5. The number of nitrogens with zero attached hydrogens (tertiary/aromatic N) is 5. The second kappa shape index (κ2) is 7.64. The highest BCUT2D eigenvalue weighted by atomic mass is 19.4. The van der Waals surface area contributed by atoms with Gasteiger partial charge in [0.25, 0.3) is 0 Å². The average molecular weight is 443 g/mol. The quantitative estimate of drug-likeness (QED) is 0.532. The number of aliphatic hydroxyl groups is 1. The van der Waals surface area contributed by atoms with Crippen molar-refractivity contribution in [2.24, 2.45) is 0 Å². The zero-order valence-electron chi connectivity index (χ0n) is 16.2. The Morgan fingerprint density at radius 2 is 1.97 bits per heavy atom. The first kappa shape index (κ1) is 21.3. The Morgan fingerprint density at radius 3 is 2.68 bits per heavy atom. The fraction of sp³-hybridized carbons (Fsp3) is 0.444. The fourth-order valence-corrected chi connectivity index (χ4v) is 3.21. The number of piperidine rings is 1. The average Bonchev–Trinajstić information content (AvgIpc) is 3.13. The molecule has 1 aliphatic heterocycles. The van der Waals surface area contributed by atoms with Gasteiger partial charge in [-0.15, -0.1) is 0 Å². The summed E-state index contributed by atoms with van der Waals surface area (Å²) in [6, 6.07) is -0.619. The van der Waals surface area contributed by atoms with Crippen molar-refractivity contribution in [3.63, 3.8) is 0 Å². The molecule has 0 spiro atoms. The Morgan fingerprint density at radius 1 is 1.19 bits per heavy atom. The van der Waals surface area contributed by atoms with Crippen LogP contribution in [0.4, 0.5) is 27.9 Å². The van der Waals surface area contributed by atoms with Gasteiger partial charge >= 0.3 is 6.18 Å². The normalized spacial score (nSPS) is 21.8. The fourth-order valence-electron chi connectivity index (χ4n) is 3.21. The number of hydrogen-bond donors (Lipinski definition) is 3. The molecule has 166 valence electrons. The summed E-state index contributed by atoms with van der Waals surface area (Å²) in [5.74, 6) is -0.897. The number of alkyl halides is 4. The molecule has 3 aromatic heterocycles. The van der Waals surface area contributed by atoms with Crippen LogP contribution in [0.2, 0.25) is 0 Å². The van der Waals surface area contributed by atoms with Crippen LogP contribution in [0.3, 0.4) is 0 Å². The molecule has 0 aromatic carbocycles. The molecule has 0 aliphatic carbocycles. The van der Waals surface area contributed by atoms with Gasteiger partial charge in [-0.25, -0.2) is 23.7 Å². The first-order chi connectivity index (χ1) is 14.6. The first-order valence-corrected chi connectivity index (χ1v) is 9.35. The van der Waals surface area contributed by atoms with Gasteiger partial charge in [-0.1, -0.05) is 0 Å². The predicted molar refractivity (Wildman–Crippen MR) is 99.4 cm³/mol. The monoisotopic (exact) mass is 443 g/mol. The van der Waals surface area contributed by atoms with Crippen molar-refractivity contribution in [3.8, 4) is 11.4 Å². The lowest BCUT2D eigenvalue weighted by atomic mass is 10.0. The van der Waals surface area contributed by atoms with Crippen LogP contribution in [0, 0.1) is 5.82 Å². The van der Waals surface area contributed by atoms with Gasteiger partial charge in [0.15, 0.2) is 11.5 Å². The van der Waals surface area contributed by atoms with Crippen molar-refractivity contribution in [3.05, 3.63) is 36.3 Å². The summed E-state index contributed by atoms with van der Waals surface area (Å²) >= 11 is 0. The third-order valence-corrected chi connectivity index (χ3v) is 5.15. The largest absolute Gasteiger partial charge is 0.422 e. The van der Waals surface area contributed by atoms with E-state index < -0.39 is 35.5 Å². The molecular formula is C18H18F5N7O. The number of rotatable bonds is 4. The maximum Gasteiger partial charge on any atom is 0.422 e. The van der Waals surface area contributed by atoms with Gasteiger partial charge in [0.2, 0.25) is 11.5 Å². The van der Waals surface area contributed by atoms with Crippen molar-refractivity contribution in [2.75, 3.05) is 18.4 Å². The van der Waals surface area contributed by atoms with Crippen LogP contribution in [0.15, 0.2) is 24.8 Å². The summed E-state index contributed by atoms with van der Waals surface area (Å²) in [6.07, 6.45) is -1.80. The molecule has 4 heterocycles. The molecule has 31 heavy (non-hydrogen) atoms. The van der Waals surface area contributed by atoms with Crippen LogP contribution < -0.4 is 10.6 Å². The van der Waals surface area contributed by atoms with Gasteiger partial charge in [0.1, 0.15) is 11.9 Å². The van der Waals surface area contributed by atoms with Crippen LogP contribution >= 0.6 is 0 Å². The van der Waals surface area contributed by atoms with E-state index in [2.05, 4.69) is 30.6 Å². The Hall–Kier alpha value is -2.93. The molecule has 0 unspecified atom stereocenters. The van der Waals surface area contributed by atoms with Crippen LogP contribution in [0.25, 0.3) is 17.0 Å². The summed E-state index contributed by atoms with van der Waals surface area (Å²) in [6.45, 7) is 1.43.